The number of rotatable bonds is 1. The van der Waals surface area contributed by atoms with E-state index in [0.717, 1.165) is 0 Å². The van der Waals surface area contributed by atoms with Crippen LogP contribution in [0.5, 0.6) is 0 Å². The van der Waals surface area contributed by atoms with Gasteiger partial charge in [-0.3, -0.25) is 5.73 Å². The van der Waals surface area contributed by atoms with Crippen LogP contribution < -0.4 is 75.1 Å². The van der Waals surface area contributed by atoms with E-state index >= 15 is 0 Å². The normalized spacial score (nSPS) is 39.8. The van der Waals surface area contributed by atoms with Gasteiger partial charge in [-0.05, 0) is 0 Å². The molecule has 2 fully saturated rings. The van der Waals surface area contributed by atoms with Crippen molar-refractivity contribution in [3.8, 4) is 0 Å². The molecule has 0 radical (unpaired) electrons. The van der Waals surface area contributed by atoms with E-state index in [2.05, 4.69) is 16.7 Å². The molecule has 0 spiro atoms. The summed E-state index contributed by atoms with van der Waals surface area (Å²) in [6, 6.07) is 0. The Kier molecular flexibility index (Phi) is 7.96. The minimum Gasteiger partial charge on any atom is -0.851 e. The van der Waals surface area contributed by atoms with Crippen LogP contribution in [-0.2, 0) is 42.3 Å². The molecule has 0 bridgehead atoms. The molecule has 0 amide bonds. The van der Waals surface area contributed by atoms with Crippen molar-refractivity contribution in [1.29, 1.82) is 0 Å². The van der Waals surface area contributed by atoms with Gasteiger partial charge in [-0.1, -0.05) is 0 Å². The third-order valence-electron chi connectivity index (χ3n) is 2.42. The zero-order valence-corrected chi connectivity index (χ0v) is 17.0. The number of nitrogens with two attached hydrogens (primary N) is 1. The van der Waals surface area contributed by atoms with Crippen molar-refractivity contribution in [3.63, 3.8) is 0 Å². The molecule has 0 aromatic heterocycles. The molecule has 2 rings (SSSR count). The Balaban J connectivity index is 0.00000220. The quantitative estimate of drug-likeness (QED) is 0.423. The summed E-state index contributed by atoms with van der Waals surface area (Å²) in [5.74, 6) is -1.78. The Morgan fingerprint density at radius 3 is 2.14 bits per heavy atom. The Morgan fingerprint density at radius 1 is 1.14 bits per heavy atom. The molecule has 2 aliphatic heterocycles. The first kappa shape index (κ1) is 23.1. The molecule has 4 atom stereocenters. The minimum atomic E-state index is -4.87. The van der Waals surface area contributed by atoms with Gasteiger partial charge in [-0.2, -0.15) is 16.8 Å². The molecule has 2 heterocycles. The SMILES string of the molecule is N[C@@]1([C@H]2OS(=O)(=O)OC[C@@H]([O-])[C@H]2[O-])OS(=O)(=O)OC1=O.[Na+].[Na+]. The third kappa shape index (κ3) is 4.60. The first-order valence-electron chi connectivity index (χ1n) is 4.84. The van der Waals surface area contributed by atoms with Crippen molar-refractivity contribution >= 4 is 26.8 Å². The number of carbonyl (C=O) groups excluding carboxylic acids is 1. The predicted octanol–water partition coefficient (Wildman–Crippen LogP) is -11.4. The summed E-state index contributed by atoms with van der Waals surface area (Å²) in [6.07, 6.45) is -7.13. The summed E-state index contributed by atoms with van der Waals surface area (Å²) in [6.45, 7) is -1.06. The molecule has 0 unspecified atom stereocenters. The first-order chi connectivity index (χ1) is 8.97. The maximum absolute atomic E-state index is 11.7. The molecular weight excluding hydrogens is 372 g/mol. The van der Waals surface area contributed by atoms with Crippen LogP contribution in [0.1, 0.15) is 0 Å². The van der Waals surface area contributed by atoms with Crippen molar-refractivity contribution in [2.75, 3.05) is 6.61 Å². The zero-order chi connectivity index (χ0) is 15.3. The summed E-state index contributed by atoms with van der Waals surface area (Å²) < 4.78 is 60.3. The van der Waals surface area contributed by atoms with Crippen LogP contribution in [0.2, 0.25) is 0 Å². The molecule has 2 aliphatic rings. The number of hydrogen-bond acceptors (Lipinski definition) is 12. The molecule has 16 heteroatoms. The summed E-state index contributed by atoms with van der Waals surface area (Å²) in [5, 5.41) is 23.1. The summed E-state index contributed by atoms with van der Waals surface area (Å²) in [4.78, 5) is 11.4. The van der Waals surface area contributed by atoms with Gasteiger partial charge in [-0.25, -0.2) is 17.3 Å². The van der Waals surface area contributed by atoms with Gasteiger partial charge in [0.1, 0.15) is 6.10 Å². The molecule has 12 nitrogen and oxygen atoms in total. The van der Waals surface area contributed by atoms with Crippen LogP contribution in [0.4, 0.5) is 0 Å². The van der Waals surface area contributed by atoms with Crippen LogP contribution in [-0.4, -0.2) is 53.4 Å². The fourth-order valence-corrected chi connectivity index (χ4v) is 3.22. The van der Waals surface area contributed by atoms with Crippen LogP contribution >= 0.6 is 0 Å². The standard InChI is InChI=1S/C6H7NO11S2.2Na/c7-6(5(10)17-20(13,14)18-6)4-3(9)2(8)1-15-19(11,12)16-4;;/h2-4H,1,7H2;;/q-2;2*+1/t2-,3-,4+,6+;;/m1../s1. The van der Waals surface area contributed by atoms with E-state index in [1.54, 1.807) is 0 Å². The maximum atomic E-state index is 11.7. The molecule has 2 N–H and O–H groups in total. The predicted molar refractivity (Wildman–Crippen MR) is 50.3 cm³/mol. The number of carbonyl (C=O) groups is 1. The third-order valence-corrected chi connectivity index (χ3v) is 4.13. The molecule has 0 aliphatic carbocycles. The van der Waals surface area contributed by atoms with E-state index in [9.17, 15) is 31.8 Å². The van der Waals surface area contributed by atoms with Gasteiger partial charge in [0.2, 0.25) is 0 Å². The Hall–Kier alpha value is 1.13. The average molecular weight is 379 g/mol. The van der Waals surface area contributed by atoms with Crippen LogP contribution in [0.3, 0.4) is 0 Å². The van der Waals surface area contributed by atoms with Crippen LogP contribution in [0, 0.1) is 0 Å². The van der Waals surface area contributed by atoms with Gasteiger partial charge in [0.05, 0.1) is 6.61 Å². The Bertz CT molecular complexity index is 635. The van der Waals surface area contributed by atoms with Crippen molar-refractivity contribution < 1.29 is 108 Å². The van der Waals surface area contributed by atoms with E-state index < -0.39 is 57.4 Å². The van der Waals surface area contributed by atoms with Gasteiger partial charge in [0.25, 0.3) is 5.72 Å². The van der Waals surface area contributed by atoms with Gasteiger partial charge in [-0.15, -0.1) is 12.2 Å². The molecule has 0 aromatic rings. The Morgan fingerprint density at radius 2 is 1.68 bits per heavy atom. The van der Waals surface area contributed by atoms with Crippen molar-refractivity contribution in [2.24, 2.45) is 5.73 Å². The monoisotopic (exact) mass is 379 g/mol. The van der Waals surface area contributed by atoms with E-state index in [-0.39, 0.29) is 59.1 Å². The van der Waals surface area contributed by atoms with E-state index in [1.807, 2.05) is 0 Å². The largest absolute Gasteiger partial charge is 1.00 e. The average Bonchev–Trinajstić information content (AvgIpc) is 2.44. The summed E-state index contributed by atoms with van der Waals surface area (Å²) in [5.41, 5.74) is 2.15. The van der Waals surface area contributed by atoms with Gasteiger partial charge >= 0.3 is 85.9 Å². The molecule has 0 saturated carbocycles. The second-order valence-corrected chi connectivity index (χ2v) is 6.26. The van der Waals surface area contributed by atoms with Crippen molar-refractivity contribution in [1.82, 2.24) is 0 Å². The minimum absolute atomic E-state index is 0. The number of hydrogen-bond donors (Lipinski definition) is 1. The zero-order valence-electron chi connectivity index (χ0n) is 11.3. The van der Waals surface area contributed by atoms with Crippen molar-refractivity contribution in [3.05, 3.63) is 0 Å². The second-order valence-electron chi connectivity index (χ2n) is 3.87. The molecule has 116 valence electrons. The van der Waals surface area contributed by atoms with Gasteiger partial charge in [0.15, 0.2) is 0 Å². The topological polar surface area (TPSA) is 194 Å². The summed E-state index contributed by atoms with van der Waals surface area (Å²) >= 11 is 0. The first-order valence-corrected chi connectivity index (χ1v) is 7.51. The van der Waals surface area contributed by atoms with Gasteiger partial charge in [0, 0.05) is 0 Å². The van der Waals surface area contributed by atoms with Crippen molar-refractivity contribution in [2.45, 2.75) is 24.0 Å². The van der Waals surface area contributed by atoms with E-state index in [0.29, 0.717) is 0 Å². The fraction of sp³-hybridized carbons (Fsp3) is 0.833. The second kappa shape index (κ2) is 7.57. The van der Waals surface area contributed by atoms with Crippen LogP contribution in [0.25, 0.3) is 0 Å². The fourth-order valence-electron chi connectivity index (χ4n) is 1.51. The molecule has 22 heavy (non-hydrogen) atoms. The van der Waals surface area contributed by atoms with E-state index in [1.165, 1.54) is 0 Å². The Labute approximate surface area is 169 Å². The smallest absolute Gasteiger partial charge is 0.851 e. The maximum Gasteiger partial charge on any atom is 1.00 e. The summed E-state index contributed by atoms with van der Waals surface area (Å²) in [7, 11) is -9.71. The molecule has 0 aromatic carbocycles. The molecular formula is C6H7NNa2O11S2. The van der Waals surface area contributed by atoms with E-state index in [4.69, 9.17) is 5.73 Å². The molecule has 2 saturated heterocycles. The van der Waals surface area contributed by atoms with Crippen LogP contribution in [0.15, 0.2) is 0 Å². The van der Waals surface area contributed by atoms with Gasteiger partial charge < -0.3 is 14.4 Å².